The van der Waals surface area contributed by atoms with Crippen LogP contribution in [0, 0.1) is 5.92 Å². The highest BCUT2D eigenvalue weighted by atomic mass is 14.4. The molecule has 1 atom stereocenters. The molecule has 0 aliphatic heterocycles. The molecule has 0 heterocycles. The summed E-state index contributed by atoms with van der Waals surface area (Å²) >= 11 is 0. The Bertz CT molecular complexity index is 596. The second-order valence-corrected chi connectivity index (χ2v) is 5.83. The summed E-state index contributed by atoms with van der Waals surface area (Å²) in [6, 6.07) is 18.1. The van der Waals surface area contributed by atoms with Gasteiger partial charge in [0.1, 0.15) is 0 Å². The molecule has 0 bridgehead atoms. The zero-order valence-electron chi connectivity index (χ0n) is 11.2. The van der Waals surface area contributed by atoms with E-state index in [0.717, 1.165) is 0 Å². The maximum absolute atomic E-state index is 2.35. The highest BCUT2D eigenvalue weighted by molar-refractivity contribution is 5.50. The van der Waals surface area contributed by atoms with Crippen LogP contribution in [0.3, 0.4) is 0 Å². The van der Waals surface area contributed by atoms with Gasteiger partial charge in [-0.1, -0.05) is 48.5 Å². The molecule has 95 valence electrons. The average Bonchev–Trinajstić information content (AvgIpc) is 2.90. The first kappa shape index (κ1) is 11.3. The monoisotopic (exact) mass is 247 g/mol. The maximum Gasteiger partial charge on any atom is 0.0130 e. The van der Waals surface area contributed by atoms with E-state index < -0.39 is 0 Å². The summed E-state index contributed by atoms with van der Waals surface area (Å²) < 4.78 is 0. The molecular weight excluding hydrogens is 228 g/mol. The number of hydrogen-bond donors (Lipinski definition) is 0. The Balaban J connectivity index is 1.76. The first-order valence-corrected chi connectivity index (χ1v) is 7.45. The lowest BCUT2D eigenvalue weighted by Crippen LogP contribution is -2.16. The molecule has 1 unspecified atom stereocenters. The number of rotatable bonds is 1. The van der Waals surface area contributed by atoms with E-state index in [1.54, 1.807) is 28.2 Å². The molecule has 1 radical (unpaired) electrons. The molecule has 0 saturated heterocycles. The summed E-state index contributed by atoms with van der Waals surface area (Å²) in [5.41, 5.74) is 6.28. The Morgan fingerprint density at radius 3 is 2.47 bits per heavy atom. The molecule has 2 aliphatic rings. The third-order valence-electron chi connectivity index (χ3n) is 4.82. The lowest BCUT2D eigenvalue weighted by molar-refractivity contribution is 0.561. The van der Waals surface area contributed by atoms with Crippen LogP contribution in [0.25, 0.3) is 0 Å². The topological polar surface area (TPSA) is 0 Å². The van der Waals surface area contributed by atoms with Crippen molar-refractivity contribution >= 4 is 0 Å². The first-order chi connectivity index (χ1) is 9.43. The standard InChI is InChI=1S/C19H19/c1-3-9-16-14(6-1)8-5-11-18(16)19-13-12-15-7-2-4-10-17(15)19/h1-4,6-7,9-10,18H,5,8,11-13H2. The van der Waals surface area contributed by atoms with E-state index in [2.05, 4.69) is 48.5 Å². The van der Waals surface area contributed by atoms with Gasteiger partial charge in [0.2, 0.25) is 0 Å². The first-order valence-electron chi connectivity index (χ1n) is 7.45. The van der Waals surface area contributed by atoms with Crippen molar-refractivity contribution in [2.45, 2.75) is 38.0 Å². The zero-order valence-corrected chi connectivity index (χ0v) is 11.2. The third kappa shape index (κ3) is 1.82. The molecule has 0 fully saturated rings. The Labute approximate surface area is 115 Å². The van der Waals surface area contributed by atoms with Crippen molar-refractivity contribution in [3.05, 3.63) is 76.7 Å². The van der Waals surface area contributed by atoms with Gasteiger partial charge in [-0.05, 0) is 60.3 Å². The van der Waals surface area contributed by atoms with Crippen LogP contribution in [0.2, 0.25) is 0 Å². The Morgan fingerprint density at radius 1 is 0.737 bits per heavy atom. The predicted octanol–water partition coefficient (Wildman–Crippen LogP) is 4.68. The van der Waals surface area contributed by atoms with E-state index in [1.807, 2.05) is 0 Å². The SMILES string of the molecule is c1ccc2c(c1)CC[C]2C1CCCc2ccccc21. The molecule has 0 nitrogen and oxygen atoms in total. The molecule has 0 amide bonds. The van der Waals surface area contributed by atoms with Gasteiger partial charge >= 0.3 is 0 Å². The quantitative estimate of drug-likeness (QED) is 0.686. The van der Waals surface area contributed by atoms with Gasteiger partial charge in [0, 0.05) is 5.92 Å². The molecule has 2 aromatic rings. The molecule has 0 N–H and O–H groups in total. The summed E-state index contributed by atoms with van der Waals surface area (Å²) in [4.78, 5) is 0. The van der Waals surface area contributed by atoms with Gasteiger partial charge < -0.3 is 0 Å². The van der Waals surface area contributed by atoms with E-state index in [-0.39, 0.29) is 0 Å². The highest BCUT2D eigenvalue weighted by Gasteiger charge is 2.33. The normalized spacial score (nSPS) is 22.0. The van der Waals surface area contributed by atoms with Crippen LogP contribution in [0.1, 0.15) is 47.4 Å². The van der Waals surface area contributed by atoms with Crippen LogP contribution in [0.15, 0.2) is 48.5 Å². The van der Waals surface area contributed by atoms with Crippen LogP contribution < -0.4 is 0 Å². The van der Waals surface area contributed by atoms with Crippen LogP contribution >= 0.6 is 0 Å². The van der Waals surface area contributed by atoms with Crippen molar-refractivity contribution in [1.82, 2.24) is 0 Å². The summed E-state index contributed by atoms with van der Waals surface area (Å²) in [6.07, 6.45) is 6.44. The average molecular weight is 247 g/mol. The summed E-state index contributed by atoms with van der Waals surface area (Å²) in [7, 11) is 0. The molecule has 2 aliphatic carbocycles. The second kappa shape index (κ2) is 4.52. The number of fused-ring (bicyclic) bond motifs is 2. The van der Waals surface area contributed by atoms with Crippen molar-refractivity contribution < 1.29 is 0 Å². The van der Waals surface area contributed by atoms with Crippen molar-refractivity contribution in [3.63, 3.8) is 0 Å². The number of benzene rings is 2. The lowest BCUT2D eigenvalue weighted by atomic mass is 9.74. The largest absolute Gasteiger partial charge is 0.0620 e. The fraction of sp³-hybridized carbons (Fsp3) is 0.316. The minimum Gasteiger partial charge on any atom is -0.0620 e. The van der Waals surface area contributed by atoms with E-state index in [9.17, 15) is 0 Å². The number of hydrogen-bond acceptors (Lipinski definition) is 0. The molecule has 4 rings (SSSR count). The van der Waals surface area contributed by atoms with E-state index in [0.29, 0.717) is 5.92 Å². The minimum absolute atomic E-state index is 0.675. The van der Waals surface area contributed by atoms with E-state index >= 15 is 0 Å². The van der Waals surface area contributed by atoms with Gasteiger partial charge in [-0.15, -0.1) is 0 Å². The van der Waals surface area contributed by atoms with Crippen LogP contribution in [-0.2, 0) is 12.8 Å². The summed E-state index contributed by atoms with van der Waals surface area (Å²) in [5.74, 6) is 2.37. The minimum atomic E-state index is 0.675. The van der Waals surface area contributed by atoms with Gasteiger partial charge in [0.25, 0.3) is 0 Å². The van der Waals surface area contributed by atoms with Crippen molar-refractivity contribution in [3.8, 4) is 0 Å². The maximum atomic E-state index is 2.35. The summed E-state index contributed by atoms with van der Waals surface area (Å²) in [5, 5.41) is 0. The van der Waals surface area contributed by atoms with Crippen molar-refractivity contribution in [1.29, 1.82) is 0 Å². The molecule has 0 spiro atoms. The highest BCUT2D eigenvalue weighted by Crippen LogP contribution is 2.46. The van der Waals surface area contributed by atoms with Gasteiger partial charge in [-0.2, -0.15) is 0 Å². The molecular formula is C19H19. The lowest BCUT2D eigenvalue weighted by Gasteiger charge is -2.30. The van der Waals surface area contributed by atoms with E-state index in [1.165, 1.54) is 32.1 Å². The van der Waals surface area contributed by atoms with Gasteiger partial charge in [-0.3, -0.25) is 0 Å². The Kier molecular flexibility index (Phi) is 2.69. The third-order valence-corrected chi connectivity index (χ3v) is 4.82. The fourth-order valence-corrected chi connectivity index (χ4v) is 3.93. The summed E-state index contributed by atoms with van der Waals surface area (Å²) in [6.45, 7) is 0. The zero-order chi connectivity index (χ0) is 12.7. The molecule has 0 aromatic heterocycles. The van der Waals surface area contributed by atoms with Crippen LogP contribution in [0.5, 0.6) is 0 Å². The molecule has 0 saturated carbocycles. The van der Waals surface area contributed by atoms with Crippen molar-refractivity contribution in [2.24, 2.45) is 0 Å². The Morgan fingerprint density at radius 2 is 1.53 bits per heavy atom. The van der Waals surface area contributed by atoms with Crippen LogP contribution in [0.4, 0.5) is 0 Å². The Hall–Kier alpha value is -1.56. The molecule has 2 aromatic carbocycles. The molecule has 0 heteroatoms. The second-order valence-electron chi connectivity index (χ2n) is 5.83. The fourth-order valence-electron chi connectivity index (χ4n) is 3.93. The van der Waals surface area contributed by atoms with E-state index in [4.69, 9.17) is 0 Å². The number of aryl methyl sites for hydroxylation is 2. The molecule has 19 heavy (non-hydrogen) atoms. The predicted molar refractivity (Wildman–Crippen MR) is 79.2 cm³/mol. The van der Waals surface area contributed by atoms with Gasteiger partial charge in [-0.25, -0.2) is 0 Å². The van der Waals surface area contributed by atoms with Gasteiger partial charge in [0.15, 0.2) is 0 Å². The van der Waals surface area contributed by atoms with Crippen LogP contribution in [-0.4, -0.2) is 0 Å². The van der Waals surface area contributed by atoms with Gasteiger partial charge in [0.05, 0.1) is 0 Å². The smallest absolute Gasteiger partial charge is 0.0130 e. The van der Waals surface area contributed by atoms with Crippen molar-refractivity contribution in [2.75, 3.05) is 0 Å².